The molecule has 0 aliphatic heterocycles. The third kappa shape index (κ3) is 2.89. The van der Waals surface area contributed by atoms with E-state index < -0.39 is 0 Å². The van der Waals surface area contributed by atoms with Gasteiger partial charge in [-0.15, -0.1) is 0 Å². The summed E-state index contributed by atoms with van der Waals surface area (Å²) in [5, 5.41) is 3.28. The Morgan fingerprint density at radius 1 is 1.20 bits per heavy atom. The van der Waals surface area contributed by atoms with Gasteiger partial charge in [0.15, 0.2) is 0 Å². The molecule has 0 saturated carbocycles. The number of halogens is 2. The van der Waals surface area contributed by atoms with Crippen LogP contribution in [0.1, 0.15) is 21.5 Å². The predicted molar refractivity (Wildman–Crippen MR) is 84.7 cm³/mol. The molecule has 0 heterocycles. The van der Waals surface area contributed by atoms with Crippen LogP contribution in [0, 0.1) is 13.8 Å². The van der Waals surface area contributed by atoms with Crippen molar-refractivity contribution in [3.05, 3.63) is 57.1 Å². The summed E-state index contributed by atoms with van der Waals surface area (Å²) in [7, 11) is 0. The van der Waals surface area contributed by atoms with Gasteiger partial charge in [-0.25, -0.2) is 0 Å². The summed E-state index contributed by atoms with van der Waals surface area (Å²) < 4.78 is 0. The fourth-order valence-electron chi connectivity index (χ4n) is 1.85. The van der Waals surface area contributed by atoms with E-state index in [1.54, 1.807) is 0 Å². The van der Waals surface area contributed by atoms with Gasteiger partial charge in [0.2, 0.25) is 0 Å². The topological polar surface area (TPSA) is 55.1 Å². The fourth-order valence-corrected chi connectivity index (χ4v) is 2.27. The number of hydrogen-bond acceptors (Lipinski definition) is 2. The molecule has 5 heteroatoms. The van der Waals surface area contributed by atoms with Gasteiger partial charge in [0.05, 0.1) is 15.6 Å². The van der Waals surface area contributed by atoms with E-state index in [1.165, 1.54) is 12.1 Å². The Kier molecular flexibility index (Phi) is 4.21. The zero-order chi connectivity index (χ0) is 14.9. The van der Waals surface area contributed by atoms with Crippen molar-refractivity contribution in [2.45, 2.75) is 13.8 Å². The molecule has 0 saturated heterocycles. The molecule has 2 aromatic rings. The van der Waals surface area contributed by atoms with E-state index >= 15 is 0 Å². The molecule has 0 spiro atoms. The molecule has 3 N–H and O–H groups in total. The van der Waals surface area contributed by atoms with Crippen molar-refractivity contribution in [1.29, 1.82) is 0 Å². The number of nitrogens with one attached hydrogen (secondary N) is 1. The van der Waals surface area contributed by atoms with Crippen LogP contribution in [0.5, 0.6) is 0 Å². The molecule has 0 radical (unpaired) electrons. The predicted octanol–water partition coefficient (Wildman–Crippen LogP) is 4.44. The fraction of sp³-hybridized carbons (Fsp3) is 0.133. The average molecular weight is 309 g/mol. The van der Waals surface area contributed by atoms with Crippen molar-refractivity contribution in [2.75, 3.05) is 11.1 Å². The Morgan fingerprint density at radius 3 is 2.60 bits per heavy atom. The molecule has 0 atom stereocenters. The second kappa shape index (κ2) is 5.73. The van der Waals surface area contributed by atoms with Crippen LogP contribution in [0.4, 0.5) is 11.4 Å². The average Bonchev–Trinajstić information content (AvgIpc) is 2.39. The van der Waals surface area contributed by atoms with Crippen LogP contribution in [-0.4, -0.2) is 5.91 Å². The number of amides is 1. The second-order valence-corrected chi connectivity index (χ2v) is 5.35. The molecule has 20 heavy (non-hydrogen) atoms. The van der Waals surface area contributed by atoms with E-state index in [9.17, 15) is 4.79 Å². The number of carbonyl (C=O) groups is 1. The molecule has 104 valence electrons. The largest absolute Gasteiger partial charge is 0.399 e. The first kappa shape index (κ1) is 14.7. The van der Waals surface area contributed by atoms with Crippen LogP contribution in [0.25, 0.3) is 0 Å². The second-order valence-electron chi connectivity index (χ2n) is 4.57. The van der Waals surface area contributed by atoms with Crippen LogP contribution in [0.15, 0.2) is 30.3 Å². The Balaban J connectivity index is 2.36. The van der Waals surface area contributed by atoms with E-state index in [4.69, 9.17) is 28.9 Å². The smallest absolute Gasteiger partial charge is 0.257 e. The molecule has 0 bridgehead atoms. The number of anilines is 2. The van der Waals surface area contributed by atoms with Crippen molar-refractivity contribution < 1.29 is 4.79 Å². The summed E-state index contributed by atoms with van der Waals surface area (Å²) in [5.74, 6) is -0.335. The van der Waals surface area contributed by atoms with Gasteiger partial charge in [0, 0.05) is 11.4 Å². The highest BCUT2D eigenvalue weighted by Crippen LogP contribution is 2.29. The maximum atomic E-state index is 12.3. The molecule has 1 amide bonds. The lowest BCUT2D eigenvalue weighted by Crippen LogP contribution is -2.14. The van der Waals surface area contributed by atoms with Gasteiger partial charge in [0.25, 0.3) is 5.91 Å². The van der Waals surface area contributed by atoms with Gasteiger partial charge >= 0.3 is 0 Å². The Hall–Kier alpha value is -1.71. The molecule has 0 aliphatic rings. The monoisotopic (exact) mass is 308 g/mol. The molecule has 0 fully saturated rings. The lowest BCUT2D eigenvalue weighted by atomic mass is 10.1. The summed E-state index contributed by atoms with van der Waals surface area (Å²) >= 11 is 12.0. The first-order valence-electron chi connectivity index (χ1n) is 6.02. The third-order valence-corrected chi connectivity index (χ3v) is 3.95. The number of nitrogens with two attached hydrogens (primary N) is 1. The summed E-state index contributed by atoms with van der Waals surface area (Å²) in [4.78, 5) is 12.3. The zero-order valence-electron chi connectivity index (χ0n) is 11.1. The highest BCUT2D eigenvalue weighted by Gasteiger charge is 2.15. The van der Waals surface area contributed by atoms with Crippen LogP contribution < -0.4 is 11.1 Å². The van der Waals surface area contributed by atoms with E-state index in [-0.39, 0.29) is 21.5 Å². The van der Waals surface area contributed by atoms with Gasteiger partial charge in [0.1, 0.15) is 0 Å². The maximum absolute atomic E-state index is 12.3. The van der Waals surface area contributed by atoms with Crippen LogP contribution in [0.3, 0.4) is 0 Å². The number of hydrogen-bond donors (Lipinski definition) is 2. The first-order valence-corrected chi connectivity index (χ1v) is 6.78. The minimum atomic E-state index is -0.335. The van der Waals surface area contributed by atoms with Gasteiger partial charge in [-0.05, 0) is 43.2 Å². The first-order chi connectivity index (χ1) is 9.40. The van der Waals surface area contributed by atoms with E-state index in [0.29, 0.717) is 5.69 Å². The number of nitrogen functional groups attached to an aromatic ring is 1. The minimum Gasteiger partial charge on any atom is -0.399 e. The van der Waals surface area contributed by atoms with Crippen LogP contribution >= 0.6 is 23.2 Å². The van der Waals surface area contributed by atoms with Crippen molar-refractivity contribution in [1.82, 2.24) is 0 Å². The normalized spacial score (nSPS) is 10.4. The molecular weight excluding hydrogens is 295 g/mol. The summed E-state index contributed by atoms with van der Waals surface area (Å²) in [5.41, 5.74) is 9.19. The number of benzene rings is 2. The van der Waals surface area contributed by atoms with E-state index in [2.05, 4.69) is 5.32 Å². The van der Waals surface area contributed by atoms with E-state index in [1.807, 2.05) is 32.0 Å². The maximum Gasteiger partial charge on any atom is 0.257 e. The van der Waals surface area contributed by atoms with Gasteiger partial charge in [-0.2, -0.15) is 0 Å². The van der Waals surface area contributed by atoms with Crippen molar-refractivity contribution in [2.24, 2.45) is 0 Å². The molecule has 2 rings (SSSR count). The highest BCUT2D eigenvalue weighted by molar-refractivity contribution is 6.44. The molecular formula is C15H14Cl2N2O. The standard InChI is InChI=1S/C15H14Cl2N2O/c1-8-4-3-5-13(9(8)2)19-15(20)11-6-10(18)7-12(16)14(11)17/h3-7H,18H2,1-2H3,(H,19,20). The SMILES string of the molecule is Cc1cccc(NC(=O)c2cc(N)cc(Cl)c2Cl)c1C. The third-order valence-electron chi connectivity index (χ3n) is 3.15. The molecule has 3 nitrogen and oxygen atoms in total. The molecule has 0 aliphatic carbocycles. The molecule has 0 unspecified atom stereocenters. The van der Waals surface area contributed by atoms with Gasteiger partial charge in [-0.3, -0.25) is 4.79 Å². The van der Waals surface area contributed by atoms with Crippen molar-refractivity contribution in [3.8, 4) is 0 Å². The lowest BCUT2D eigenvalue weighted by molar-refractivity contribution is 0.102. The molecule has 2 aromatic carbocycles. The van der Waals surface area contributed by atoms with Crippen LogP contribution in [-0.2, 0) is 0 Å². The lowest BCUT2D eigenvalue weighted by Gasteiger charge is -2.12. The molecule has 0 aromatic heterocycles. The zero-order valence-corrected chi connectivity index (χ0v) is 12.6. The Morgan fingerprint density at radius 2 is 1.90 bits per heavy atom. The van der Waals surface area contributed by atoms with Gasteiger partial charge in [-0.1, -0.05) is 35.3 Å². The number of carbonyl (C=O) groups excluding carboxylic acids is 1. The van der Waals surface area contributed by atoms with Crippen molar-refractivity contribution in [3.63, 3.8) is 0 Å². The van der Waals surface area contributed by atoms with Crippen LogP contribution in [0.2, 0.25) is 10.0 Å². The number of aryl methyl sites for hydroxylation is 1. The minimum absolute atomic E-state index is 0.198. The Bertz CT molecular complexity index is 684. The summed E-state index contributed by atoms with van der Waals surface area (Å²) in [6.07, 6.45) is 0. The quantitative estimate of drug-likeness (QED) is 0.806. The van der Waals surface area contributed by atoms with E-state index in [0.717, 1.165) is 16.8 Å². The summed E-state index contributed by atoms with van der Waals surface area (Å²) in [6.45, 7) is 3.92. The summed E-state index contributed by atoms with van der Waals surface area (Å²) in [6, 6.07) is 8.72. The highest BCUT2D eigenvalue weighted by atomic mass is 35.5. The number of rotatable bonds is 2. The van der Waals surface area contributed by atoms with Crippen molar-refractivity contribution >= 4 is 40.5 Å². The van der Waals surface area contributed by atoms with Gasteiger partial charge < -0.3 is 11.1 Å². The Labute approximate surface area is 127 Å².